The lowest BCUT2D eigenvalue weighted by molar-refractivity contribution is -0.117. The number of benzene rings is 3. The van der Waals surface area contributed by atoms with E-state index in [0.717, 1.165) is 17.7 Å². The Bertz CT molecular complexity index is 1590. The van der Waals surface area contributed by atoms with Gasteiger partial charge >= 0.3 is 0 Å². The van der Waals surface area contributed by atoms with Gasteiger partial charge in [0.15, 0.2) is 6.23 Å². The van der Waals surface area contributed by atoms with Crippen LogP contribution in [0.5, 0.6) is 0 Å². The molecule has 206 valence electrons. The number of nitrogens with zero attached hydrogens (tertiary/aromatic N) is 1. The summed E-state index contributed by atoms with van der Waals surface area (Å²) in [5.41, 5.74) is 5.50. The Hall–Kier alpha value is -2.75. The lowest BCUT2D eigenvalue weighted by atomic mass is 10.1. The molecular weight excluding hydrogens is 611 g/mol. The van der Waals surface area contributed by atoms with Crippen LogP contribution in [0.3, 0.4) is 0 Å². The average molecular weight is 635 g/mol. The highest BCUT2D eigenvalue weighted by atomic mass is 35.5. The number of rotatable bonds is 6. The van der Waals surface area contributed by atoms with Crippen molar-refractivity contribution in [3.8, 4) is 17.5 Å². The number of alkyl halides is 2. The highest BCUT2D eigenvalue weighted by Gasteiger charge is 2.67. The van der Waals surface area contributed by atoms with Crippen LogP contribution in [-0.4, -0.2) is 23.4 Å². The number of carbonyl (C=O) groups excluding carboxylic acids is 1. The van der Waals surface area contributed by atoms with E-state index in [4.69, 9.17) is 46.4 Å². The van der Waals surface area contributed by atoms with E-state index >= 15 is 0 Å². The Morgan fingerprint density at radius 1 is 1.05 bits per heavy atom. The maximum absolute atomic E-state index is 13.5. The van der Waals surface area contributed by atoms with Crippen LogP contribution in [-0.2, 0) is 4.79 Å². The predicted octanol–water partition coefficient (Wildman–Crippen LogP) is 7.86. The topological polar surface area (TPSA) is 85.2 Å². The molecule has 3 unspecified atom stereocenters. The Labute approximate surface area is 253 Å². The summed E-state index contributed by atoms with van der Waals surface area (Å²) in [7, 11) is -1.58. The number of anilines is 2. The first-order chi connectivity index (χ1) is 18.7. The molecule has 0 aromatic heterocycles. The van der Waals surface area contributed by atoms with Crippen molar-refractivity contribution >= 4 is 71.8 Å². The van der Waals surface area contributed by atoms with Crippen molar-refractivity contribution in [3.05, 3.63) is 92.7 Å². The summed E-state index contributed by atoms with van der Waals surface area (Å²) < 4.78 is 12.1. The number of aliphatic hydroxyl groups is 1. The molecule has 1 aliphatic carbocycles. The van der Waals surface area contributed by atoms with Gasteiger partial charge in [-0.2, -0.15) is 5.26 Å². The summed E-state index contributed by atoms with van der Waals surface area (Å²) in [4.78, 5) is 13.2. The molecule has 11 heteroatoms. The molecule has 40 heavy (non-hydrogen) atoms. The summed E-state index contributed by atoms with van der Waals surface area (Å²) in [6.07, 6.45) is -1.36. The lowest BCUT2D eigenvalue weighted by Crippen LogP contribution is -2.18. The number of amides is 1. The lowest BCUT2D eigenvalue weighted by Gasteiger charge is -2.18. The molecule has 1 amide bonds. The molecule has 0 spiro atoms. The van der Waals surface area contributed by atoms with E-state index in [9.17, 15) is 19.6 Å². The highest BCUT2D eigenvalue weighted by Crippen LogP contribution is 2.65. The molecule has 5 nitrogen and oxygen atoms in total. The fourth-order valence-corrected chi connectivity index (χ4v) is 5.95. The zero-order valence-corrected chi connectivity index (χ0v) is 25.6. The minimum absolute atomic E-state index is 0.0104. The Balaban J connectivity index is 1.50. The number of hydrogen-bond donors (Lipinski definition) is 3. The molecule has 1 fully saturated rings. The van der Waals surface area contributed by atoms with Gasteiger partial charge in [-0.05, 0) is 54.1 Å². The smallest absolute Gasteiger partial charge is 0.231 e. The first kappa shape index (κ1) is 30.2. The second kappa shape index (κ2) is 11.6. The van der Waals surface area contributed by atoms with Crippen LogP contribution in [0.15, 0.2) is 54.6 Å². The Morgan fingerprint density at radius 3 is 2.42 bits per heavy atom. The van der Waals surface area contributed by atoms with E-state index < -0.39 is 42.2 Å². The molecule has 3 atom stereocenters. The number of halogens is 5. The molecule has 0 saturated heterocycles. The van der Waals surface area contributed by atoms with Gasteiger partial charge in [0.1, 0.15) is 24.3 Å². The average Bonchev–Trinajstić information content (AvgIpc) is 3.46. The van der Waals surface area contributed by atoms with E-state index in [-0.39, 0.29) is 21.8 Å². The zero-order valence-electron chi connectivity index (χ0n) is 21.6. The number of hydrogen-bond acceptors (Lipinski definition) is 4. The van der Waals surface area contributed by atoms with Crippen LogP contribution >= 0.6 is 46.4 Å². The van der Waals surface area contributed by atoms with Crippen molar-refractivity contribution in [2.75, 3.05) is 10.6 Å². The van der Waals surface area contributed by atoms with Crippen LogP contribution in [0.25, 0.3) is 0 Å². The quantitative estimate of drug-likeness (QED) is 0.112. The zero-order chi connectivity index (χ0) is 29.4. The van der Waals surface area contributed by atoms with Crippen molar-refractivity contribution in [2.45, 2.75) is 36.1 Å². The van der Waals surface area contributed by atoms with Crippen molar-refractivity contribution in [3.63, 3.8) is 0 Å². The van der Waals surface area contributed by atoms with Crippen LogP contribution in [0.2, 0.25) is 29.7 Å². The standard InChI is InChI=1S/C29H24Cl4FN3O2Si/c1-40(2,3)11-10-16-4-5-17(13-23(16)31)25-26(29(25,32)33)28(39)36-20-7-8-22(30)21(14-20)27(38)37-24-9-6-19(34)12-18(24)15-35/h4-9,12-14,25-27,37-38H,1-3H3,(H,36,39). The van der Waals surface area contributed by atoms with Gasteiger partial charge in [-0.1, -0.05) is 54.8 Å². The second-order valence-electron chi connectivity index (χ2n) is 10.4. The van der Waals surface area contributed by atoms with Crippen molar-refractivity contribution in [1.29, 1.82) is 5.26 Å². The number of nitriles is 1. The Kier molecular flexibility index (Phi) is 8.78. The van der Waals surface area contributed by atoms with Crippen LogP contribution in [0.1, 0.15) is 34.4 Å². The van der Waals surface area contributed by atoms with E-state index in [2.05, 4.69) is 41.7 Å². The van der Waals surface area contributed by atoms with Crippen LogP contribution < -0.4 is 10.6 Å². The molecule has 0 heterocycles. The molecule has 3 N–H and O–H groups in total. The van der Waals surface area contributed by atoms with E-state index in [1.165, 1.54) is 18.2 Å². The van der Waals surface area contributed by atoms with E-state index in [1.54, 1.807) is 18.2 Å². The monoisotopic (exact) mass is 633 g/mol. The largest absolute Gasteiger partial charge is 0.369 e. The fraction of sp³-hybridized carbons (Fsp3) is 0.241. The fourth-order valence-electron chi connectivity index (χ4n) is 4.16. The molecule has 4 rings (SSSR count). The molecule has 3 aromatic rings. The van der Waals surface area contributed by atoms with E-state index in [0.29, 0.717) is 16.3 Å². The molecular formula is C29H24Cl4FN3O2Si. The molecule has 0 bridgehead atoms. The molecule has 0 radical (unpaired) electrons. The normalized spacial score (nSPS) is 18.1. The van der Waals surface area contributed by atoms with Gasteiger partial charge in [-0.15, -0.1) is 28.7 Å². The third-order valence-corrected chi connectivity index (χ3v) is 8.69. The predicted molar refractivity (Wildman–Crippen MR) is 162 cm³/mol. The van der Waals surface area contributed by atoms with Gasteiger partial charge in [0.2, 0.25) is 5.91 Å². The van der Waals surface area contributed by atoms with Gasteiger partial charge in [0, 0.05) is 27.8 Å². The number of aliphatic hydroxyl groups excluding tert-OH is 1. The first-order valence-electron chi connectivity index (χ1n) is 12.2. The SMILES string of the molecule is C[Si](C)(C)C#Cc1ccc(C2C(C(=O)Nc3ccc(Cl)c(C(O)Nc4ccc(F)cc4C#N)c3)C2(Cl)Cl)cc1Cl. The third kappa shape index (κ3) is 6.75. The Morgan fingerprint density at radius 2 is 1.77 bits per heavy atom. The van der Waals surface area contributed by atoms with Crippen LogP contribution in [0.4, 0.5) is 15.8 Å². The van der Waals surface area contributed by atoms with Gasteiger partial charge in [0.25, 0.3) is 0 Å². The van der Waals surface area contributed by atoms with Gasteiger partial charge in [-0.3, -0.25) is 4.79 Å². The minimum Gasteiger partial charge on any atom is -0.369 e. The van der Waals surface area contributed by atoms with Crippen molar-refractivity contribution < 1.29 is 14.3 Å². The molecule has 3 aromatic carbocycles. The summed E-state index contributed by atoms with van der Waals surface area (Å²) in [6, 6.07) is 15.3. The van der Waals surface area contributed by atoms with Gasteiger partial charge in [-0.25, -0.2) is 4.39 Å². The second-order valence-corrected chi connectivity index (χ2v) is 17.5. The van der Waals surface area contributed by atoms with Crippen molar-refractivity contribution in [2.24, 2.45) is 5.92 Å². The van der Waals surface area contributed by atoms with Gasteiger partial charge < -0.3 is 15.7 Å². The summed E-state index contributed by atoms with van der Waals surface area (Å²) in [5, 5.41) is 26.2. The van der Waals surface area contributed by atoms with Crippen molar-refractivity contribution in [1.82, 2.24) is 0 Å². The first-order valence-corrected chi connectivity index (χ1v) is 17.2. The highest BCUT2D eigenvalue weighted by molar-refractivity contribution is 6.83. The molecule has 1 aliphatic rings. The summed E-state index contributed by atoms with van der Waals surface area (Å²) in [6.45, 7) is 6.42. The third-order valence-electron chi connectivity index (χ3n) is 6.21. The summed E-state index contributed by atoms with van der Waals surface area (Å²) >= 11 is 25.8. The van der Waals surface area contributed by atoms with E-state index in [1.807, 2.05) is 12.1 Å². The maximum Gasteiger partial charge on any atom is 0.231 e. The summed E-state index contributed by atoms with van der Waals surface area (Å²) in [5.74, 6) is 0.881. The number of nitrogens with one attached hydrogen (secondary N) is 2. The van der Waals surface area contributed by atoms with Crippen LogP contribution in [0, 0.1) is 34.5 Å². The maximum atomic E-state index is 13.5. The van der Waals surface area contributed by atoms with Gasteiger partial charge in [0.05, 0.1) is 22.2 Å². The number of carbonyl (C=O) groups is 1. The minimum atomic E-state index is -1.58. The molecule has 1 saturated carbocycles. The molecule has 0 aliphatic heterocycles.